The second-order valence-electron chi connectivity index (χ2n) is 8.52. The van der Waals surface area contributed by atoms with Crippen LogP contribution in [0.3, 0.4) is 0 Å². The normalized spacial score (nSPS) is 13.0. The van der Waals surface area contributed by atoms with Gasteiger partial charge in [0.25, 0.3) is 0 Å². The van der Waals surface area contributed by atoms with E-state index >= 15 is 0 Å². The van der Waals surface area contributed by atoms with Gasteiger partial charge in [0.2, 0.25) is 5.75 Å². The molecule has 0 aliphatic carbocycles. The summed E-state index contributed by atoms with van der Waals surface area (Å²) in [7, 11) is 4.46. The maximum atomic E-state index is 14.1. The van der Waals surface area contributed by atoms with E-state index in [-0.39, 0.29) is 23.1 Å². The third-order valence-corrected chi connectivity index (χ3v) is 6.80. The number of carbonyl (C=O) groups is 2. The molecule has 0 radical (unpaired) electrons. The molecule has 0 bridgehead atoms. The first kappa shape index (κ1) is 26.0. The SMILES string of the molecule is COc1cc(C/C(C(=O)c2ccc3c(c2)OCCO3)=C(\C(=O)O)c2ccc3nsnc3c2)cc(OC)c1OC. The predicted molar refractivity (Wildman–Crippen MR) is 144 cm³/mol. The first-order valence-electron chi connectivity index (χ1n) is 11.9. The summed E-state index contributed by atoms with van der Waals surface area (Å²) >= 11 is 1.02. The highest BCUT2D eigenvalue weighted by Gasteiger charge is 2.27. The van der Waals surface area contributed by atoms with Gasteiger partial charge >= 0.3 is 5.97 Å². The van der Waals surface area contributed by atoms with Crippen molar-refractivity contribution < 1.29 is 38.4 Å². The molecule has 0 amide bonds. The van der Waals surface area contributed by atoms with E-state index in [1.165, 1.54) is 21.3 Å². The molecule has 0 saturated heterocycles. The second-order valence-corrected chi connectivity index (χ2v) is 9.05. The molecule has 0 saturated carbocycles. The zero-order chi connectivity index (χ0) is 27.5. The van der Waals surface area contributed by atoms with Crippen molar-refractivity contribution in [2.45, 2.75) is 6.42 Å². The number of benzene rings is 3. The number of carboxylic acids is 1. The number of hydrogen-bond acceptors (Lipinski definition) is 10. The van der Waals surface area contributed by atoms with E-state index in [2.05, 4.69) is 8.75 Å². The minimum atomic E-state index is -1.26. The highest BCUT2D eigenvalue weighted by atomic mass is 32.1. The molecule has 1 aromatic heterocycles. The lowest BCUT2D eigenvalue weighted by molar-refractivity contribution is -0.130. The summed E-state index contributed by atoms with van der Waals surface area (Å²) in [6.45, 7) is 0.755. The topological polar surface area (TPSA) is 126 Å². The summed E-state index contributed by atoms with van der Waals surface area (Å²) in [5, 5.41) is 10.4. The molecule has 11 heteroatoms. The summed E-state index contributed by atoms with van der Waals surface area (Å²) in [6, 6.07) is 13.1. The lowest BCUT2D eigenvalue weighted by Crippen LogP contribution is -2.17. The molecule has 10 nitrogen and oxygen atoms in total. The van der Waals surface area contributed by atoms with E-state index in [0.29, 0.717) is 64.1 Å². The average molecular weight is 549 g/mol. The number of hydrogen-bond donors (Lipinski definition) is 1. The summed E-state index contributed by atoms with van der Waals surface area (Å²) in [5.74, 6) is 0.349. The molecular weight excluding hydrogens is 524 g/mol. The predicted octanol–water partition coefficient (Wildman–Crippen LogP) is 4.45. The fraction of sp³-hybridized carbons (Fsp3) is 0.214. The molecule has 4 aromatic rings. The molecule has 0 atom stereocenters. The maximum Gasteiger partial charge on any atom is 0.336 e. The Kier molecular flexibility index (Phi) is 7.33. The Bertz CT molecular complexity index is 1590. The molecule has 0 unspecified atom stereocenters. The van der Waals surface area contributed by atoms with E-state index < -0.39 is 11.8 Å². The van der Waals surface area contributed by atoms with Gasteiger partial charge in [-0.1, -0.05) is 6.07 Å². The Labute approximate surface area is 227 Å². The van der Waals surface area contributed by atoms with Gasteiger partial charge in [0.15, 0.2) is 28.8 Å². The van der Waals surface area contributed by atoms with E-state index in [4.69, 9.17) is 23.7 Å². The molecule has 2 heterocycles. The summed E-state index contributed by atoms with van der Waals surface area (Å²) < 4.78 is 36.0. The highest BCUT2D eigenvalue weighted by Crippen LogP contribution is 2.40. The van der Waals surface area contributed by atoms with Crippen molar-refractivity contribution in [1.82, 2.24) is 8.75 Å². The number of rotatable bonds is 9. The molecule has 1 aliphatic heterocycles. The number of carboxylic acid groups (broad SMARTS) is 1. The van der Waals surface area contributed by atoms with Gasteiger partial charge in [-0.15, -0.1) is 0 Å². The standard InChI is InChI=1S/C28H24N2O8S/c1-34-23-11-15(12-24(35-2)27(23)36-3)10-18(26(31)17-5-7-21-22(14-17)38-9-8-37-21)25(28(32)33)16-4-6-19-20(13-16)30-39-29-19/h4-7,11-14H,8-10H2,1-3H3,(H,32,33)/b25-18+. The maximum absolute atomic E-state index is 14.1. The third kappa shape index (κ3) is 5.08. The minimum Gasteiger partial charge on any atom is -0.493 e. The van der Waals surface area contributed by atoms with Gasteiger partial charge in [-0.2, -0.15) is 8.75 Å². The number of aliphatic carboxylic acids is 1. The third-order valence-electron chi connectivity index (χ3n) is 6.24. The highest BCUT2D eigenvalue weighted by molar-refractivity contribution is 7.00. The molecule has 0 spiro atoms. The van der Waals surface area contributed by atoms with Gasteiger partial charge in [0, 0.05) is 17.6 Å². The largest absolute Gasteiger partial charge is 0.493 e. The fourth-order valence-electron chi connectivity index (χ4n) is 4.45. The van der Waals surface area contributed by atoms with Gasteiger partial charge in [-0.3, -0.25) is 4.79 Å². The van der Waals surface area contributed by atoms with Crippen molar-refractivity contribution in [3.63, 3.8) is 0 Å². The number of allylic oxidation sites excluding steroid dienone is 1. The first-order valence-corrected chi connectivity index (χ1v) is 12.6. The van der Waals surface area contributed by atoms with Crippen LogP contribution in [0.2, 0.25) is 0 Å². The summed E-state index contributed by atoms with van der Waals surface area (Å²) in [5.41, 5.74) is 2.25. The van der Waals surface area contributed by atoms with Crippen LogP contribution in [0.4, 0.5) is 0 Å². The van der Waals surface area contributed by atoms with E-state index in [1.54, 1.807) is 48.5 Å². The summed E-state index contributed by atoms with van der Waals surface area (Å²) in [4.78, 5) is 26.8. The average Bonchev–Trinajstić information content (AvgIpc) is 3.43. The molecule has 3 aromatic carbocycles. The van der Waals surface area contributed by atoms with Crippen LogP contribution in [-0.2, 0) is 11.2 Å². The Morgan fingerprint density at radius 1 is 0.846 bits per heavy atom. The Morgan fingerprint density at radius 3 is 2.18 bits per heavy atom. The van der Waals surface area contributed by atoms with Crippen molar-refractivity contribution in [1.29, 1.82) is 0 Å². The van der Waals surface area contributed by atoms with Crippen LogP contribution in [0.1, 0.15) is 21.5 Å². The number of fused-ring (bicyclic) bond motifs is 2. The Hall–Kier alpha value is -4.64. The van der Waals surface area contributed by atoms with Crippen LogP contribution >= 0.6 is 11.7 Å². The number of Topliss-reactive ketones (excluding diaryl/α,β-unsaturated/α-hetero) is 1. The zero-order valence-electron chi connectivity index (χ0n) is 21.3. The molecular formula is C28H24N2O8S. The van der Waals surface area contributed by atoms with Crippen molar-refractivity contribution in [3.8, 4) is 28.7 Å². The quantitative estimate of drug-likeness (QED) is 0.237. The number of aromatic nitrogens is 2. The van der Waals surface area contributed by atoms with Crippen molar-refractivity contribution in [2.75, 3.05) is 34.5 Å². The fourth-order valence-corrected chi connectivity index (χ4v) is 4.96. The number of ether oxygens (including phenoxy) is 5. The van der Waals surface area contributed by atoms with Crippen LogP contribution in [0.25, 0.3) is 16.6 Å². The molecule has 0 fully saturated rings. The van der Waals surface area contributed by atoms with Gasteiger partial charge in [-0.05, 0) is 53.6 Å². The number of methoxy groups -OCH3 is 3. The number of nitrogens with zero attached hydrogens (tertiary/aromatic N) is 2. The van der Waals surface area contributed by atoms with Crippen LogP contribution in [0.5, 0.6) is 28.7 Å². The minimum absolute atomic E-state index is 0.0427. The van der Waals surface area contributed by atoms with Gasteiger partial charge in [0.1, 0.15) is 24.2 Å². The molecule has 39 heavy (non-hydrogen) atoms. The lowest BCUT2D eigenvalue weighted by atomic mass is 9.89. The van der Waals surface area contributed by atoms with Gasteiger partial charge in [0.05, 0.1) is 38.6 Å². The van der Waals surface area contributed by atoms with Crippen LogP contribution in [-0.4, -0.2) is 60.1 Å². The molecule has 1 aliphatic rings. The van der Waals surface area contributed by atoms with E-state index in [9.17, 15) is 14.7 Å². The lowest BCUT2D eigenvalue weighted by Gasteiger charge is -2.19. The first-order chi connectivity index (χ1) is 18.9. The van der Waals surface area contributed by atoms with Crippen molar-refractivity contribution in [3.05, 3.63) is 70.8 Å². The summed E-state index contributed by atoms with van der Waals surface area (Å²) in [6.07, 6.45) is -0.0427. The van der Waals surface area contributed by atoms with Crippen LogP contribution in [0.15, 0.2) is 54.1 Å². The zero-order valence-corrected chi connectivity index (χ0v) is 22.2. The molecule has 200 valence electrons. The van der Waals surface area contributed by atoms with Crippen LogP contribution < -0.4 is 23.7 Å². The van der Waals surface area contributed by atoms with Crippen molar-refractivity contribution in [2.24, 2.45) is 0 Å². The monoisotopic (exact) mass is 548 g/mol. The van der Waals surface area contributed by atoms with Crippen molar-refractivity contribution >= 4 is 40.1 Å². The Morgan fingerprint density at radius 2 is 1.51 bits per heavy atom. The molecule has 1 N–H and O–H groups in total. The smallest absolute Gasteiger partial charge is 0.336 e. The number of carbonyl (C=O) groups excluding carboxylic acids is 1. The number of ketones is 1. The second kappa shape index (κ2) is 11.0. The van der Waals surface area contributed by atoms with E-state index in [1.807, 2.05) is 0 Å². The Balaban J connectivity index is 1.70. The van der Waals surface area contributed by atoms with Crippen LogP contribution in [0, 0.1) is 0 Å². The van der Waals surface area contributed by atoms with E-state index in [0.717, 1.165) is 11.7 Å². The van der Waals surface area contributed by atoms with Gasteiger partial charge in [-0.25, -0.2) is 4.79 Å². The van der Waals surface area contributed by atoms with Gasteiger partial charge < -0.3 is 28.8 Å². The molecule has 5 rings (SSSR count).